The quantitative estimate of drug-likeness (QED) is 0.636. The van der Waals surface area contributed by atoms with Gasteiger partial charge in [-0.3, -0.25) is 0 Å². The number of aromatic hydroxyl groups is 1. The lowest BCUT2D eigenvalue weighted by Gasteiger charge is -2.18. The molecular formula is C19H21ClN4O2. The molecule has 6 nitrogen and oxygen atoms in total. The number of ether oxygens (including phenoxy) is 1. The number of rotatable bonds is 6. The van der Waals surface area contributed by atoms with Crippen LogP contribution in [0.15, 0.2) is 42.5 Å². The maximum absolute atomic E-state index is 9.59. The van der Waals surface area contributed by atoms with Gasteiger partial charge in [-0.05, 0) is 51.4 Å². The molecule has 0 saturated carbocycles. The molecule has 0 saturated heterocycles. The van der Waals surface area contributed by atoms with Crippen molar-refractivity contribution in [2.75, 3.05) is 26.0 Å². The number of nitrogens with zero attached hydrogens (tertiary/aromatic N) is 3. The van der Waals surface area contributed by atoms with E-state index in [1.807, 2.05) is 50.2 Å². The Morgan fingerprint density at radius 2 is 1.96 bits per heavy atom. The van der Waals surface area contributed by atoms with Gasteiger partial charge < -0.3 is 20.1 Å². The van der Waals surface area contributed by atoms with E-state index in [9.17, 15) is 5.11 Å². The summed E-state index contributed by atoms with van der Waals surface area (Å²) in [4.78, 5) is 11.1. The third-order valence-corrected chi connectivity index (χ3v) is 4.02. The van der Waals surface area contributed by atoms with Crippen LogP contribution in [0.25, 0.3) is 10.9 Å². The van der Waals surface area contributed by atoms with Crippen molar-refractivity contribution in [3.8, 4) is 11.8 Å². The Morgan fingerprint density at radius 3 is 2.69 bits per heavy atom. The molecule has 2 aromatic carbocycles. The largest absolute Gasteiger partial charge is 0.506 e. The molecule has 7 heteroatoms. The van der Waals surface area contributed by atoms with Gasteiger partial charge in [-0.1, -0.05) is 23.7 Å². The van der Waals surface area contributed by atoms with E-state index in [2.05, 4.69) is 15.3 Å². The predicted molar refractivity (Wildman–Crippen MR) is 105 cm³/mol. The summed E-state index contributed by atoms with van der Waals surface area (Å²) >= 11 is 5.99. The number of para-hydroxylation sites is 1. The van der Waals surface area contributed by atoms with Gasteiger partial charge in [0, 0.05) is 17.6 Å². The summed E-state index contributed by atoms with van der Waals surface area (Å²) in [6.07, 6.45) is -0.0536. The average Bonchev–Trinajstić information content (AvgIpc) is 2.57. The Hall–Kier alpha value is -2.57. The van der Waals surface area contributed by atoms with E-state index in [4.69, 9.17) is 16.3 Å². The number of fused-ring (bicyclic) bond motifs is 1. The van der Waals surface area contributed by atoms with Gasteiger partial charge in [0.1, 0.15) is 17.7 Å². The van der Waals surface area contributed by atoms with Gasteiger partial charge >= 0.3 is 6.01 Å². The maximum Gasteiger partial charge on any atom is 0.319 e. The molecule has 0 fully saturated rings. The monoisotopic (exact) mass is 372 g/mol. The lowest BCUT2D eigenvalue weighted by atomic mass is 10.2. The number of hydrogen-bond acceptors (Lipinski definition) is 6. The number of aromatic nitrogens is 2. The highest BCUT2D eigenvalue weighted by Gasteiger charge is 2.13. The molecule has 0 aliphatic heterocycles. The van der Waals surface area contributed by atoms with Gasteiger partial charge in [-0.15, -0.1) is 0 Å². The van der Waals surface area contributed by atoms with Crippen molar-refractivity contribution in [1.82, 2.24) is 14.9 Å². The fourth-order valence-electron chi connectivity index (χ4n) is 2.66. The smallest absolute Gasteiger partial charge is 0.319 e. The molecule has 0 bridgehead atoms. The first-order valence-electron chi connectivity index (χ1n) is 8.26. The minimum Gasteiger partial charge on any atom is -0.506 e. The Labute approximate surface area is 157 Å². The lowest BCUT2D eigenvalue weighted by molar-refractivity contribution is 0.164. The van der Waals surface area contributed by atoms with Crippen molar-refractivity contribution >= 4 is 34.0 Å². The molecule has 26 heavy (non-hydrogen) atoms. The molecule has 0 spiro atoms. The van der Waals surface area contributed by atoms with E-state index in [0.29, 0.717) is 17.5 Å². The molecular weight excluding hydrogens is 352 g/mol. The van der Waals surface area contributed by atoms with Crippen molar-refractivity contribution in [3.05, 3.63) is 47.5 Å². The minimum atomic E-state index is -0.0536. The maximum atomic E-state index is 9.59. The van der Waals surface area contributed by atoms with E-state index in [-0.39, 0.29) is 16.9 Å². The highest BCUT2D eigenvalue weighted by Crippen LogP contribution is 2.30. The molecule has 0 aliphatic carbocycles. The van der Waals surface area contributed by atoms with Crippen molar-refractivity contribution in [1.29, 1.82) is 0 Å². The predicted octanol–water partition coefficient (Wildman–Crippen LogP) is 4.06. The summed E-state index contributed by atoms with van der Waals surface area (Å²) in [5.74, 6) is 0.649. The van der Waals surface area contributed by atoms with E-state index in [1.165, 1.54) is 6.07 Å². The number of hydrogen-bond donors (Lipinski definition) is 2. The van der Waals surface area contributed by atoms with Crippen LogP contribution in [0, 0.1) is 0 Å². The van der Waals surface area contributed by atoms with E-state index >= 15 is 0 Å². The van der Waals surface area contributed by atoms with Gasteiger partial charge in [-0.25, -0.2) is 0 Å². The van der Waals surface area contributed by atoms with Crippen LogP contribution in [-0.2, 0) is 0 Å². The first-order chi connectivity index (χ1) is 12.4. The fourth-order valence-corrected chi connectivity index (χ4v) is 2.84. The highest BCUT2D eigenvalue weighted by molar-refractivity contribution is 6.32. The topological polar surface area (TPSA) is 70.5 Å². The Balaban J connectivity index is 1.95. The molecule has 0 aliphatic rings. The van der Waals surface area contributed by atoms with Gasteiger partial charge in [0.05, 0.1) is 10.5 Å². The van der Waals surface area contributed by atoms with Crippen molar-refractivity contribution in [2.45, 2.75) is 13.0 Å². The molecule has 136 valence electrons. The number of phenolic OH excluding ortho intramolecular Hbond substituents is 1. The summed E-state index contributed by atoms with van der Waals surface area (Å²) in [5.41, 5.74) is 1.49. The molecule has 1 heterocycles. The Morgan fingerprint density at radius 1 is 1.19 bits per heavy atom. The number of anilines is 2. The number of benzene rings is 2. The van der Waals surface area contributed by atoms with Crippen LogP contribution < -0.4 is 10.1 Å². The standard InChI is InChI=1S/C19H21ClN4O2/c1-12(11-24(2)3)26-19-22-16-7-5-4-6-14(16)18(23-19)21-13-8-9-17(25)15(20)10-13/h4-10,12,25H,11H2,1-3H3,(H,21,22,23)/t12-/m1/s1. The fraction of sp³-hybridized carbons (Fsp3) is 0.263. The third-order valence-electron chi connectivity index (χ3n) is 3.72. The van der Waals surface area contributed by atoms with Crippen LogP contribution in [0.4, 0.5) is 11.5 Å². The summed E-state index contributed by atoms with van der Waals surface area (Å²) in [7, 11) is 3.98. The van der Waals surface area contributed by atoms with E-state index in [0.717, 1.165) is 17.4 Å². The first-order valence-corrected chi connectivity index (χ1v) is 8.64. The van der Waals surface area contributed by atoms with Crippen LogP contribution in [0.2, 0.25) is 5.02 Å². The van der Waals surface area contributed by atoms with Crippen molar-refractivity contribution in [2.24, 2.45) is 0 Å². The number of likely N-dealkylation sites (N-methyl/N-ethyl adjacent to an activating group) is 1. The van der Waals surface area contributed by atoms with Crippen molar-refractivity contribution in [3.63, 3.8) is 0 Å². The van der Waals surface area contributed by atoms with Gasteiger partial charge in [0.2, 0.25) is 0 Å². The van der Waals surface area contributed by atoms with Gasteiger partial charge in [0.25, 0.3) is 0 Å². The molecule has 3 aromatic rings. The molecule has 3 rings (SSSR count). The van der Waals surface area contributed by atoms with Gasteiger partial charge in [0.15, 0.2) is 0 Å². The summed E-state index contributed by atoms with van der Waals surface area (Å²) in [6, 6.07) is 12.9. The zero-order valence-electron chi connectivity index (χ0n) is 14.9. The molecule has 1 aromatic heterocycles. The van der Waals surface area contributed by atoms with Crippen molar-refractivity contribution < 1.29 is 9.84 Å². The summed E-state index contributed by atoms with van der Waals surface area (Å²) < 4.78 is 5.88. The SMILES string of the molecule is C[C@H](CN(C)C)Oc1nc(Nc2ccc(O)c(Cl)c2)c2ccccc2n1. The van der Waals surface area contributed by atoms with Crippen LogP contribution in [0.1, 0.15) is 6.92 Å². The third kappa shape index (κ3) is 4.33. The second kappa shape index (κ2) is 7.76. The van der Waals surface area contributed by atoms with Crippen LogP contribution >= 0.6 is 11.6 Å². The van der Waals surface area contributed by atoms with Crippen LogP contribution in [-0.4, -0.2) is 46.7 Å². The normalized spacial score (nSPS) is 12.3. The second-order valence-electron chi connectivity index (χ2n) is 6.35. The molecule has 0 radical (unpaired) electrons. The molecule has 1 atom stereocenters. The Bertz CT molecular complexity index is 917. The number of nitrogens with one attached hydrogen (secondary N) is 1. The van der Waals surface area contributed by atoms with E-state index in [1.54, 1.807) is 12.1 Å². The first kappa shape index (κ1) is 18.2. The number of halogens is 1. The Kier molecular flexibility index (Phi) is 5.44. The molecule has 2 N–H and O–H groups in total. The van der Waals surface area contributed by atoms with Crippen LogP contribution in [0.5, 0.6) is 11.8 Å². The van der Waals surface area contributed by atoms with Gasteiger partial charge in [-0.2, -0.15) is 9.97 Å². The summed E-state index contributed by atoms with van der Waals surface area (Å²) in [5, 5.41) is 14.0. The van der Waals surface area contributed by atoms with E-state index < -0.39 is 0 Å². The number of phenols is 1. The minimum absolute atomic E-state index is 0.0336. The zero-order valence-corrected chi connectivity index (χ0v) is 15.7. The average molecular weight is 373 g/mol. The molecule has 0 amide bonds. The molecule has 0 unspecified atom stereocenters. The van der Waals surface area contributed by atoms with Crippen LogP contribution in [0.3, 0.4) is 0 Å². The zero-order chi connectivity index (χ0) is 18.7. The lowest BCUT2D eigenvalue weighted by Crippen LogP contribution is -2.28. The highest BCUT2D eigenvalue weighted by atomic mass is 35.5. The second-order valence-corrected chi connectivity index (χ2v) is 6.76. The summed E-state index contributed by atoms with van der Waals surface area (Å²) in [6.45, 7) is 2.73.